The van der Waals surface area contributed by atoms with E-state index >= 15 is 0 Å². The maximum Gasteiger partial charge on any atom is 0.296 e. The first-order valence-electron chi connectivity index (χ1n) is 13.2. The zero-order valence-electron chi connectivity index (χ0n) is 21.9. The number of nitrogens with one attached hydrogen (secondary N) is 2. The quantitative estimate of drug-likeness (QED) is 0.221. The average Bonchev–Trinajstić information content (AvgIpc) is 3.34. The van der Waals surface area contributed by atoms with Crippen molar-refractivity contribution >= 4 is 34.9 Å². The molecule has 0 saturated heterocycles. The fraction of sp³-hybridized carbons (Fsp3) is 0.500. The molecule has 1 amide bonds. The van der Waals surface area contributed by atoms with E-state index in [0.29, 0.717) is 51.7 Å². The summed E-state index contributed by atoms with van der Waals surface area (Å²) in [6, 6.07) is 7.04. The first-order valence-corrected chi connectivity index (χ1v) is 14.0. The van der Waals surface area contributed by atoms with Crippen LogP contribution in [-0.2, 0) is 6.42 Å². The molecule has 0 radical (unpaired) electrons. The normalized spacial score (nSPS) is 14.4. The molecule has 38 heavy (non-hydrogen) atoms. The second kappa shape index (κ2) is 12.9. The zero-order chi connectivity index (χ0) is 27.1. The minimum Gasteiger partial charge on any atom is -0.494 e. The Kier molecular flexibility index (Phi) is 9.63. The summed E-state index contributed by atoms with van der Waals surface area (Å²) in [5, 5.41) is 20.5. The van der Waals surface area contributed by atoms with Crippen molar-refractivity contribution in [3.63, 3.8) is 0 Å². The number of anilines is 1. The highest BCUT2D eigenvalue weighted by molar-refractivity contribution is 6.36. The van der Waals surface area contributed by atoms with Gasteiger partial charge in [-0.2, -0.15) is 0 Å². The highest BCUT2D eigenvalue weighted by Gasteiger charge is 2.19. The number of aromatic nitrogens is 4. The van der Waals surface area contributed by atoms with Gasteiger partial charge in [0.05, 0.1) is 17.2 Å². The van der Waals surface area contributed by atoms with Crippen LogP contribution in [-0.4, -0.2) is 43.4 Å². The number of aromatic amines is 1. The van der Waals surface area contributed by atoms with Gasteiger partial charge in [-0.25, -0.2) is 9.97 Å². The van der Waals surface area contributed by atoms with Gasteiger partial charge in [-0.1, -0.05) is 55.3 Å². The van der Waals surface area contributed by atoms with E-state index in [0.717, 1.165) is 25.1 Å². The smallest absolute Gasteiger partial charge is 0.296 e. The summed E-state index contributed by atoms with van der Waals surface area (Å²) in [6.07, 6.45) is 10.8. The van der Waals surface area contributed by atoms with E-state index in [-0.39, 0.29) is 5.82 Å². The van der Waals surface area contributed by atoms with Crippen LogP contribution < -0.4 is 10.1 Å². The van der Waals surface area contributed by atoms with E-state index in [1.165, 1.54) is 38.3 Å². The lowest BCUT2D eigenvalue weighted by Gasteiger charge is -2.19. The van der Waals surface area contributed by atoms with Gasteiger partial charge in [0.2, 0.25) is 5.82 Å². The maximum absolute atomic E-state index is 12.8. The van der Waals surface area contributed by atoms with Crippen molar-refractivity contribution < 1.29 is 14.6 Å². The summed E-state index contributed by atoms with van der Waals surface area (Å²) in [5.74, 6) is 1.90. The molecule has 4 rings (SSSR count). The van der Waals surface area contributed by atoms with Gasteiger partial charge in [-0.3, -0.25) is 9.89 Å². The molecule has 1 aromatic carbocycles. The first-order chi connectivity index (χ1) is 18.2. The number of ether oxygens (including phenoxy) is 1. The van der Waals surface area contributed by atoms with E-state index in [9.17, 15) is 9.90 Å². The Morgan fingerprint density at radius 3 is 2.66 bits per heavy atom. The molecule has 0 spiro atoms. The Morgan fingerprint density at radius 2 is 1.89 bits per heavy atom. The van der Waals surface area contributed by atoms with Gasteiger partial charge in [0.25, 0.3) is 5.91 Å². The van der Waals surface area contributed by atoms with Crippen molar-refractivity contribution in [1.29, 1.82) is 0 Å². The van der Waals surface area contributed by atoms with Crippen LogP contribution in [0.15, 0.2) is 30.5 Å². The van der Waals surface area contributed by atoms with Gasteiger partial charge in [-0.05, 0) is 63.3 Å². The molecule has 8 nitrogen and oxygen atoms in total. The molecular formula is C28H35Cl2N5O3. The van der Waals surface area contributed by atoms with Crippen molar-refractivity contribution in [1.82, 2.24) is 20.2 Å². The largest absolute Gasteiger partial charge is 0.494 e. The molecule has 0 bridgehead atoms. The second-order valence-corrected chi connectivity index (χ2v) is 11.4. The van der Waals surface area contributed by atoms with Crippen LogP contribution in [0.1, 0.15) is 81.7 Å². The van der Waals surface area contributed by atoms with Gasteiger partial charge in [0.1, 0.15) is 17.4 Å². The maximum atomic E-state index is 12.8. The van der Waals surface area contributed by atoms with Crippen molar-refractivity contribution in [2.24, 2.45) is 5.92 Å². The Hall–Kier alpha value is -2.68. The summed E-state index contributed by atoms with van der Waals surface area (Å²) in [5.41, 5.74) is 0.599. The van der Waals surface area contributed by atoms with Crippen LogP contribution >= 0.6 is 23.2 Å². The highest BCUT2D eigenvalue weighted by Crippen LogP contribution is 2.36. The van der Waals surface area contributed by atoms with E-state index in [2.05, 4.69) is 25.5 Å². The number of halogens is 2. The number of hydrogen-bond donors (Lipinski definition) is 3. The molecule has 1 saturated carbocycles. The average molecular weight is 561 g/mol. The molecule has 10 heteroatoms. The molecular weight excluding hydrogens is 525 g/mol. The van der Waals surface area contributed by atoms with E-state index < -0.39 is 11.5 Å². The fourth-order valence-electron chi connectivity index (χ4n) is 4.69. The zero-order valence-corrected chi connectivity index (χ0v) is 23.4. The van der Waals surface area contributed by atoms with Gasteiger partial charge >= 0.3 is 0 Å². The molecule has 2 heterocycles. The third-order valence-corrected chi connectivity index (χ3v) is 7.35. The number of hydrogen-bond acceptors (Lipinski definition) is 6. The third-order valence-electron chi connectivity index (χ3n) is 6.72. The van der Waals surface area contributed by atoms with Crippen molar-refractivity contribution in [2.75, 3.05) is 11.9 Å². The molecule has 1 fully saturated rings. The summed E-state index contributed by atoms with van der Waals surface area (Å²) in [4.78, 5) is 21.5. The monoisotopic (exact) mass is 559 g/mol. The number of benzene rings is 1. The molecule has 204 valence electrons. The number of aliphatic hydroxyl groups is 1. The minimum atomic E-state index is -0.677. The van der Waals surface area contributed by atoms with E-state index in [4.69, 9.17) is 27.9 Å². The summed E-state index contributed by atoms with van der Waals surface area (Å²) >= 11 is 13.0. The molecule has 0 aliphatic heterocycles. The second-order valence-electron chi connectivity index (χ2n) is 10.6. The lowest BCUT2D eigenvalue weighted by Crippen LogP contribution is -2.18. The number of carbonyl (C=O) groups excluding carboxylic acids is 1. The molecule has 1 aliphatic carbocycles. The van der Waals surface area contributed by atoms with Crippen molar-refractivity contribution in [3.8, 4) is 16.9 Å². The lowest BCUT2D eigenvalue weighted by molar-refractivity contribution is 0.0670. The van der Waals surface area contributed by atoms with Crippen molar-refractivity contribution in [3.05, 3.63) is 52.2 Å². The number of rotatable bonds is 11. The van der Waals surface area contributed by atoms with Crippen LogP contribution in [0, 0.1) is 5.92 Å². The number of pyridine rings is 1. The fourth-order valence-corrected chi connectivity index (χ4v) is 5.11. The molecule has 2 aromatic heterocycles. The topological polar surface area (TPSA) is 113 Å². The number of unbranched alkanes of at least 4 members (excludes halogenated alkanes) is 1. The SMILES string of the molecule is CC(C)(O)CCCCOc1ccc(Cl)c(-c2cc(NC(=O)c3n[nH]c(CC4CCCCC4)n3)ncc2Cl)c1. The van der Waals surface area contributed by atoms with Gasteiger partial charge in [-0.15, -0.1) is 5.10 Å². The van der Waals surface area contributed by atoms with E-state index in [1.807, 2.05) is 6.07 Å². The van der Waals surface area contributed by atoms with Crippen LogP contribution in [0.3, 0.4) is 0 Å². The molecule has 3 aromatic rings. The first kappa shape index (κ1) is 28.3. The van der Waals surface area contributed by atoms with Gasteiger partial charge in [0, 0.05) is 28.8 Å². The Morgan fingerprint density at radius 1 is 1.13 bits per heavy atom. The van der Waals surface area contributed by atoms with Crippen LogP contribution in [0.4, 0.5) is 5.82 Å². The summed E-state index contributed by atoms with van der Waals surface area (Å²) in [7, 11) is 0. The van der Waals surface area contributed by atoms with E-state index in [1.54, 1.807) is 32.0 Å². The Balaban J connectivity index is 1.40. The van der Waals surface area contributed by atoms with Crippen LogP contribution in [0.25, 0.3) is 11.1 Å². The number of nitrogens with zero attached hydrogens (tertiary/aromatic N) is 3. The van der Waals surface area contributed by atoms with Crippen LogP contribution in [0.2, 0.25) is 10.0 Å². The number of amides is 1. The molecule has 1 aliphatic rings. The van der Waals surface area contributed by atoms with Gasteiger partial charge < -0.3 is 15.2 Å². The highest BCUT2D eigenvalue weighted by atomic mass is 35.5. The van der Waals surface area contributed by atoms with Gasteiger partial charge in [0.15, 0.2) is 0 Å². The Labute approximate surface area is 233 Å². The molecule has 0 unspecified atom stereocenters. The molecule has 0 atom stereocenters. The minimum absolute atomic E-state index is 0.0760. The predicted octanol–water partition coefficient (Wildman–Crippen LogP) is 6.87. The van der Waals surface area contributed by atoms with Crippen molar-refractivity contribution in [2.45, 2.75) is 77.2 Å². The standard InChI is InChI=1S/C28H35Cl2N5O3/c1-28(2,37)12-6-7-13-38-19-10-11-22(29)20(15-19)21-16-24(31-17-23(21)30)33-27(36)26-32-25(34-35-26)14-18-8-4-3-5-9-18/h10-11,15-18,37H,3-9,12-14H2,1-2H3,(H,31,33,36)(H,32,34,35). The third kappa shape index (κ3) is 8.16. The molecule has 3 N–H and O–H groups in total. The predicted molar refractivity (Wildman–Crippen MR) is 150 cm³/mol. The summed E-state index contributed by atoms with van der Waals surface area (Å²) < 4.78 is 5.90. The Bertz CT molecular complexity index is 1240. The number of carbonyl (C=O) groups is 1. The summed E-state index contributed by atoms with van der Waals surface area (Å²) in [6.45, 7) is 4.12. The number of H-pyrrole nitrogens is 1. The lowest BCUT2D eigenvalue weighted by atomic mass is 9.87. The van der Waals surface area contributed by atoms with Crippen LogP contribution in [0.5, 0.6) is 5.75 Å².